The van der Waals surface area contributed by atoms with Crippen LogP contribution in [0.25, 0.3) is 11.5 Å². The largest absolute Gasteiger partial charge is 0.368 e. The van der Waals surface area contributed by atoms with E-state index in [1.165, 1.54) is 0 Å². The lowest BCUT2D eigenvalue weighted by Gasteiger charge is -2.12. The zero-order chi connectivity index (χ0) is 13.1. The highest BCUT2D eigenvalue weighted by Crippen LogP contribution is 2.24. The molecule has 2 heterocycles. The van der Waals surface area contributed by atoms with Gasteiger partial charge in [0.05, 0.1) is 11.4 Å². The van der Waals surface area contributed by atoms with Gasteiger partial charge in [-0.15, -0.1) is 0 Å². The summed E-state index contributed by atoms with van der Waals surface area (Å²) in [6.45, 7) is 9.77. The van der Waals surface area contributed by atoms with Gasteiger partial charge < -0.3 is 9.88 Å². The summed E-state index contributed by atoms with van der Waals surface area (Å²) >= 11 is 0. The Bertz CT molecular complexity index is 544. The molecule has 0 aliphatic rings. The van der Waals surface area contributed by atoms with E-state index < -0.39 is 0 Å². The zero-order valence-electron chi connectivity index (χ0n) is 11.4. The summed E-state index contributed by atoms with van der Waals surface area (Å²) in [5.74, 6) is 1.67. The molecule has 0 fully saturated rings. The van der Waals surface area contributed by atoms with Crippen LogP contribution in [0.4, 0.5) is 5.82 Å². The minimum absolute atomic E-state index is 0.807. The second kappa shape index (κ2) is 5.16. The van der Waals surface area contributed by atoms with Crippen molar-refractivity contribution in [2.75, 3.05) is 11.9 Å². The standard InChI is InChI=1S/C13H19N5/c1-5-14-12-11(16-9(3)10(4)17-12)13-15-7-8-18(13)6-2/h7-8H,5-6H2,1-4H3,(H,14,17). The minimum Gasteiger partial charge on any atom is -0.368 e. The first kappa shape index (κ1) is 12.5. The molecule has 0 radical (unpaired) electrons. The van der Waals surface area contributed by atoms with Crippen LogP contribution in [0.5, 0.6) is 0 Å². The van der Waals surface area contributed by atoms with Crippen LogP contribution in [0.2, 0.25) is 0 Å². The molecule has 0 unspecified atom stereocenters. The topological polar surface area (TPSA) is 55.6 Å². The Labute approximate surface area is 107 Å². The van der Waals surface area contributed by atoms with Crippen molar-refractivity contribution in [1.29, 1.82) is 0 Å². The fourth-order valence-corrected chi connectivity index (χ4v) is 1.83. The Balaban J connectivity index is 2.58. The van der Waals surface area contributed by atoms with Crippen LogP contribution in [0, 0.1) is 13.8 Å². The number of hydrogen-bond donors (Lipinski definition) is 1. The van der Waals surface area contributed by atoms with Crippen LogP contribution in [0.15, 0.2) is 12.4 Å². The summed E-state index contributed by atoms with van der Waals surface area (Å²) in [7, 11) is 0. The summed E-state index contributed by atoms with van der Waals surface area (Å²) in [6, 6.07) is 0. The molecule has 18 heavy (non-hydrogen) atoms. The van der Waals surface area contributed by atoms with Crippen molar-refractivity contribution >= 4 is 5.82 Å². The van der Waals surface area contributed by atoms with Gasteiger partial charge in [-0.05, 0) is 27.7 Å². The van der Waals surface area contributed by atoms with Crippen LogP contribution in [-0.4, -0.2) is 26.1 Å². The van der Waals surface area contributed by atoms with Gasteiger partial charge in [0.15, 0.2) is 11.6 Å². The normalized spacial score (nSPS) is 10.7. The highest BCUT2D eigenvalue weighted by molar-refractivity contribution is 5.66. The van der Waals surface area contributed by atoms with Crippen LogP contribution in [-0.2, 0) is 6.54 Å². The smallest absolute Gasteiger partial charge is 0.162 e. The van der Waals surface area contributed by atoms with E-state index in [1.807, 2.05) is 27.0 Å². The summed E-state index contributed by atoms with van der Waals surface area (Å²) in [6.07, 6.45) is 3.76. The van der Waals surface area contributed by atoms with E-state index in [0.717, 1.165) is 41.8 Å². The van der Waals surface area contributed by atoms with Crippen LogP contribution in [0.3, 0.4) is 0 Å². The van der Waals surface area contributed by atoms with Crippen LogP contribution in [0.1, 0.15) is 25.2 Å². The highest BCUT2D eigenvalue weighted by atomic mass is 15.1. The van der Waals surface area contributed by atoms with Crippen molar-refractivity contribution in [3.63, 3.8) is 0 Å². The zero-order valence-corrected chi connectivity index (χ0v) is 11.4. The first-order valence-corrected chi connectivity index (χ1v) is 6.28. The van der Waals surface area contributed by atoms with Crippen molar-refractivity contribution in [2.45, 2.75) is 34.2 Å². The maximum Gasteiger partial charge on any atom is 0.162 e. The molecule has 96 valence electrons. The van der Waals surface area contributed by atoms with Gasteiger partial charge in [-0.3, -0.25) is 0 Å². The first-order valence-electron chi connectivity index (χ1n) is 6.28. The van der Waals surface area contributed by atoms with E-state index in [0.29, 0.717) is 0 Å². The molecule has 0 spiro atoms. The Morgan fingerprint density at radius 2 is 1.89 bits per heavy atom. The number of imidazole rings is 1. The third kappa shape index (κ3) is 2.20. The molecule has 0 aliphatic carbocycles. The van der Waals surface area contributed by atoms with Crippen LogP contribution < -0.4 is 5.32 Å². The Kier molecular flexibility index (Phi) is 3.60. The summed E-state index contributed by atoms with van der Waals surface area (Å²) in [5, 5.41) is 3.26. The summed E-state index contributed by atoms with van der Waals surface area (Å²) in [5.41, 5.74) is 2.72. The van der Waals surface area contributed by atoms with Gasteiger partial charge in [-0.2, -0.15) is 0 Å². The molecule has 0 amide bonds. The second-order valence-corrected chi connectivity index (χ2v) is 4.16. The van der Waals surface area contributed by atoms with Gasteiger partial charge in [0.2, 0.25) is 0 Å². The van der Waals surface area contributed by atoms with Gasteiger partial charge in [-0.25, -0.2) is 15.0 Å². The Morgan fingerprint density at radius 1 is 1.17 bits per heavy atom. The maximum absolute atomic E-state index is 4.63. The molecule has 0 bridgehead atoms. The van der Waals surface area contributed by atoms with Gasteiger partial charge >= 0.3 is 0 Å². The number of aryl methyl sites for hydroxylation is 3. The fourth-order valence-electron chi connectivity index (χ4n) is 1.83. The van der Waals surface area contributed by atoms with Crippen molar-refractivity contribution in [2.24, 2.45) is 0 Å². The van der Waals surface area contributed by atoms with Crippen molar-refractivity contribution in [3.05, 3.63) is 23.8 Å². The second-order valence-electron chi connectivity index (χ2n) is 4.16. The molecule has 0 aromatic carbocycles. The molecule has 0 aliphatic heterocycles. The lowest BCUT2D eigenvalue weighted by Crippen LogP contribution is -2.08. The Morgan fingerprint density at radius 3 is 2.56 bits per heavy atom. The molecule has 0 atom stereocenters. The minimum atomic E-state index is 0.807. The molecule has 2 aromatic rings. The fraction of sp³-hybridized carbons (Fsp3) is 0.462. The van der Waals surface area contributed by atoms with E-state index in [4.69, 9.17) is 0 Å². The number of aromatic nitrogens is 4. The number of nitrogens with one attached hydrogen (secondary N) is 1. The maximum atomic E-state index is 4.63. The molecule has 1 N–H and O–H groups in total. The summed E-state index contributed by atoms with van der Waals surface area (Å²) < 4.78 is 2.07. The van der Waals surface area contributed by atoms with Crippen molar-refractivity contribution in [1.82, 2.24) is 19.5 Å². The number of nitrogens with zero attached hydrogens (tertiary/aromatic N) is 4. The molecular weight excluding hydrogens is 226 g/mol. The predicted octanol–water partition coefficient (Wildman–Crippen LogP) is 2.41. The number of hydrogen-bond acceptors (Lipinski definition) is 4. The third-order valence-corrected chi connectivity index (χ3v) is 2.92. The van der Waals surface area contributed by atoms with Gasteiger partial charge in [0, 0.05) is 25.5 Å². The third-order valence-electron chi connectivity index (χ3n) is 2.92. The lowest BCUT2D eigenvalue weighted by atomic mass is 10.3. The SMILES string of the molecule is CCNc1nc(C)c(C)nc1-c1nccn1CC. The molecule has 2 aromatic heterocycles. The monoisotopic (exact) mass is 245 g/mol. The number of anilines is 1. The van der Waals surface area contributed by atoms with Crippen molar-refractivity contribution in [3.8, 4) is 11.5 Å². The van der Waals surface area contributed by atoms with Crippen molar-refractivity contribution < 1.29 is 0 Å². The van der Waals surface area contributed by atoms with E-state index in [9.17, 15) is 0 Å². The summed E-state index contributed by atoms with van der Waals surface area (Å²) in [4.78, 5) is 13.6. The Hall–Kier alpha value is -1.91. The lowest BCUT2D eigenvalue weighted by molar-refractivity contribution is 0.766. The number of rotatable bonds is 4. The van der Waals surface area contributed by atoms with Gasteiger partial charge in [-0.1, -0.05) is 0 Å². The van der Waals surface area contributed by atoms with Gasteiger partial charge in [0.25, 0.3) is 0 Å². The first-order chi connectivity index (χ1) is 8.67. The average Bonchev–Trinajstić information content (AvgIpc) is 2.82. The molecule has 5 nitrogen and oxygen atoms in total. The van der Waals surface area contributed by atoms with Crippen LogP contribution >= 0.6 is 0 Å². The van der Waals surface area contributed by atoms with E-state index in [2.05, 4.69) is 31.8 Å². The van der Waals surface area contributed by atoms with E-state index >= 15 is 0 Å². The molecular formula is C13H19N5. The van der Waals surface area contributed by atoms with Gasteiger partial charge in [0.1, 0.15) is 5.69 Å². The molecule has 5 heteroatoms. The van der Waals surface area contributed by atoms with E-state index in [-0.39, 0.29) is 0 Å². The average molecular weight is 245 g/mol. The molecule has 0 saturated heterocycles. The quantitative estimate of drug-likeness (QED) is 0.898. The predicted molar refractivity (Wildman–Crippen MR) is 72.6 cm³/mol. The molecule has 0 saturated carbocycles. The highest BCUT2D eigenvalue weighted by Gasteiger charge is 2.14. The van der Waals surface area contributed by atoms with E-state index in [1.54, 1.807) is 6.20 Å². The molecule has 2 rings (SSSR count).